The topological polar surface area (TPSA) is 55.8 Å². The van der Waals surface area contributed by atoms with Gasteiger partial charge in [0.1, 0.15) is 12.3 Å². The average molecular weight is 263 g/mol. The minimum absolute atomic E-state index is 0.0672. The molecule has 0 bridgehead atoms. The zero-order valence-corrected chi connectivity index (χ0v) is 11.3. The lowest BCUT2D eigenvalue weighted by atomic mass is 10.2. The van der Waals surface area contributed by atoms with Gasteiger partial charge >= 0.3 is 5.97 Å². The van der Waals surface area contributed by atoms with Crippen LogP contribution < -0.4 is 4.74 Å². The van der Waals surface area contributed by atoms with Crippen LogP contribution >= 0.6 is 0 Å². The lowest BCUT2D eigenvalue weighted by Crippen LogP contribution is -2.31. The molecule has 1 amide bonds. The van der Waals surface area contributed by atoms with Crippen molar-refractivity contribution in [3.05, 3.63) is 35.9 Å². The number of likely N-dealkylation sites (N-methyl/N-ethyl adjacent to an activating group) is 1. The van der Waals surface area contributed by atoms with E-state index >= 15 is 0 Å². The van der Waals surface area contributed by atoms with Crippen LogP contribution in [0, 0.1) is 0 Å². The van der Waals surface area contributed by atoms with Gasteiger partial charge in [-0.3, -0.25) is 9.59 Å². The molecule has 5 heteroatoms. The Morgan fingerprint density at radius 1 is 1.21 bits per heavy atom. The summed E-state index contributed by atoms with van der Waals surface area (Å²) >= 11 is 0. The fraction of sp³-hybridized carbons (Fsp3) is 0.286. The highest BCUT2D eigenvalue weighted by molar-refractivity contribution is 5.93. The van der Waals surface area contributed by atoms with Gasteiger partial charge in [-0.05, 0) is 23.8 Å². The molecule has 1 aromatic rings. The molecule has 0 saturated heterocycles. The van der Waals surface area contributed by atoms with Crippen LogP contribution in [0.15, 0.2) is 30.3 Å². The second-order valence-corrected chi connectivity index (χ2v) is 3.88. The summed E-state index contributed by atoms with van der Waals surface area (Å²) in [5.74, 6) is 0.0428. The van der Waals surface area contributed by atoms with Gasteiger partial charge in [-0.15, -0.1) is 0 Å². The first kappa shape index (κ1) is 14.8. The minimum Gasteiger partial charge on any atom is -0.497 e. The number of esters is 1. The van der Waals surface area contributed by atoms with Crippen molar-refractivity contribution in [1.29, 1.82) is 0 Å². The Kier molecular flexibility index (Phi) is 5.60. The quantitative estimate of drug-likeness (QED) is 0.594. The van der Waals surface area contributed by atoms with Gasteiger partial charge in [-0.1, -0.05) is 12.1 Å². The van der Waals surface area contributed by atoms with Crippen molar-refractivity contribution < 1.29 is 19.1 Å². The maximum absolute atomic E-state index is 11.7. The third kappa shape index (κ3) is 4.83. The summed E-state index contributed by atoms with van der Waals surface area (Å²) in [5.41, 5.74) is 0.876. The lowest BCUT2D eigenvalue weighted by molar-refractivity contribution is -0.144. The SMILES string of the molecule is COC(=O)CN(C)C(=O)/C=C/c1ccc(OC)cc1. The van der Waals surface area contributed by atoms with Crippen molar-refractivity contribution in [3.63, 3.8) is 0 Å². The molecular formula is C14H17NO4. The molecule has 0 aliphatic heterocycles. The molecule has 0 saturated carbocycles. The maximum atomic E-state index is 11.7. The van der Waals surface area contributed by atoms with Crippen LogP contribution in [0.2, 0.25) is 0 Å². The number of benzene rings is 1. The second-order valence-electron chi connectivity index (χ2n) is 3.88. The van der Waals surface area contributed by atoms with Crippen LogP contribution in [0.1, 0.15) is 5.56 Å². The number of carbonyl (C=O) groups is 2. The summed E-state index contributed by atoms with van der Waals surface area (Å²) in [7, 11) is 4.42. The minimum atomic E-state index is -0.450. The molecule has 0 N–H and O–H groups in total. The first-order valence-corrected chi connectivity index (χ1v) is 5.71. The van der Waals surface area contributed by atoms with Crippen LogP contribution in [0.4, 0.5) is 0 Å². The number of carbonyl (C=O) groups excluding carboxylic acids is 2. The van der Waals surface area contributed by atoms with E-state index in [0.29, 0.717) is 0 Å². The molecule has 0 unspecified atom stereocenters. The zero-order chi connectivity index (χ0) is 14.3. The third-order valence-electron chi connectivity index (χ3n) is 2.50. The number of ether oxygens (including phenoxy) is 2. The van der Waals surface area contributed by atoms with Gasteiger partial charge in [0.2, 0.25) is 5.91 Å². The molecule has 0 spiro atoms. The number of hydrogen-bond donors (Lipinski definition) is 0. The molecule has 5 nitrogen and oxygen atoms in total. The maximum Gasteiger partial charge on any atom is 0.325 e. The van der Waals surface area contributed by atoms with Crippen LogP contribution in [0.25, 0.3) is 6.08 Å². The summed E-state index contributed by atoms with van der Waals surface area (Å²) in [5, 5.41) is 0. The normalized spacial score (nSPS) is 10.3. The molecule has 0 aliphatic carbocycles. The molecule has 0 fully saturated rings. The molecule has 102 valence electrons. The number of rotatable bonds is 5. The van der Waals surface area contributed by atoms with Gasteiger partial charge in [-0.25, -0.2) is 0 Å². The standard InChI is InChI=1S/C14H17NO4/c1-15(10-14(17)19-3)13(16)9-6-11-4-7-12(18-2)8-5-11/h4-9H,10H2,1-3H3/b9-6+. The molecule has 1 aromatic carbocycles. The van der Waals surface area contributed by atoms with Gasteiger partial charge in [0.25, 0.3) is 0 Å². The molecule has 0 atom stereocenters. The lowest BCUT2D eigenvalue weighted by Gasteiger charge is -2.12. The average Bonchev–Trinajstić information content (AvgIpc) is 2.44. The van der Waals surface area contributed by atoms with Crippen molar-refractivity contribution in [3.8, 4) is 5.75 Å². The fourth-order valence-electron chi connectivity index (χ4n) is 1.35. The number of methoxy groups -OCH3 is 2. The summed E-state index contributed by atoms with van der Waals surface area (Å²) in [6.07, 6.45) is 3.08. The molecule has 0 radical (unpaired) electrons. The van der Waals surface area contributed by atoms with E-state index in [0.717, 1.165) is 11.3 Å². The Bertz CT molecular complexity index is 465. The Morgan fingerprint density at radius 3 is 2.37 bits per heavy atom. The molecular weight excluding hydrogens is 246 g/mol. The van der Waals surface area contributed by atoms with E-state index in [1.165, 1.54) is 25.1 Å². The zero-order valence-electron chi connectivity index (χ0n) is 11.3. The highest BCUT2D eigenvalue weighted by Crippen LogP contribution is 2.12. The van der Waals surface area contributed by atoms with E-state index in [4.69, 9.17) is 4.74 Å². The monoisotopic (exact) mass is 263 g/mol. The number of amides is 1. The molecule has 0 aromatic heterocycles. The van der Waals surface area contributed by atoms with E-state index in [9.17, 15) is 9.59 Å². The number of nitrogens with zero attached hydrogens (tertiary/aromatic N) is 1. The van der Waals surface area contributed by atoms with E-state index in [1.54, 1.807) is 13.2 Å². The highest BCUT2D eigenvalue weighted by atomic mass is 16.5. The first-order valence-electron chi connectivity index (χ1n) is 5.71. The molecule has 0 heterocycles. The number of hydrogen-bond acceptors (Lipinski definition) is 4. The predicted octanol–water partition coefficient (Wildman–Crippen LogP) is 1.34. The van der Waals surface area contributed by atoms with Crippen LogP contribution in [-0.2, 0) is 14.3 Å². The van der Waals surface area contributed by atoms with Gasteiger partial charge in [0.15, 0.2) is 0 Å². The van der Waals surface area contributed by atoms with E-state index < -0.39 is 5.97 Å². The van der Waals surface area contributed by atoms with Crippen molar-refractivity contribution in [2.75, 3.05) is 27.8 Å². The highest BCUT2D eigenvalue weighted by Gasteiger charge is 2.09. The first-order chi connectivity index (χ1) is 9.06. The summed E-state index contributed by atoms with van der Waals surface area (Å²) in [6, 6.07) is 7.29. The molecule has 0 aliphatic rings. The van der Waals surface area contributed by atoms with Crippen molar-refractivity contribution in [2.24, 2.45) is 0 Å². The Labute approximate surface area is 112 Å². The van der Waals surface area contributed by atoms with E-state index in [-0.39, 0.29) is 12.5 Å². The van der Waals surface area contributed by atoms with Crippen LogP contribution in [-0.4, -0.2) is 44.6 Å². The van der Waals surface area contributed by atoms with Gasteiger partial charge in [-0.2, -0.15) is 0 Å². The summed E-state index contributed by atoms with van der Waals surface area (Å²) in [6.45, 7) is -0.0672. The van der Waals surface area contributed by atoms with E-state index in [1.807, 2.05) is 24.3 Å². The summed E-state index contributed by atoms with van der Waals surface area (Å²) in [4.78, 5) is 24.0. The Morgan fingerprint density at radius 2 is 1.84 bits per heavy atom. The van der Waals surface area contributed by atoms with Gasteiger partial charge in [0.05, 0.1) is 14.2 Å². The van der Waals surface area contributed by atoms with Crippen molar-refractivity contribution in [2.45, 2.75) is 0 Å². The van der Waals surface area contributed by atoms with Gasteiger partial charge in [0, 0.05) is 13.1 Å². The summed E-state index contributed by atoms with van der Waals surface area (Å²) < 4.78 is 9.53. The van der Waals surface area contributed by atoms with Crippen molar-refractivity contribution in [1.82, 2.24) is 4.90 Å². The van der Waals surface area contributed by atoms with Crippen LogP contribution in [0.3, 0.4) is 0 Å². The molecule has 19 heavy (non-hydrogen) atoms. The largest absolute Gasteiger partial charge is 0.497 e. The van der Waals surface area contributed by atoms with Gasteiger partial charge < -0.3 is 14.4 Å². The fourth-order valence-corrected chi connectivity index (χ4v) is 1.35. The smallest absolute Gasteiger partial charge is 0.325 e. The van der Waals surface area contributed by atoms with Crippen molar-refractivity contribution >= 4 is 18.0 Å². The van der Waals surface area contributed by atoms with Crippen LogP contribution in [0.5, 0.6) is 5.75 Å². The second kappa shape index (κ2) is 7.20. The Hall–Kier alpha value is -2.30. The molecule has 1 rings (SSSR count). The predicted molar refractivity (Wildman–Crippen MR) is 71.7 cm³/mol. The third-order valence-corrected chi connectivity index (χ3v) is 2.50. The van der Waals surface area contributed by atoms with E-state index in [2.05, 4.69) is 4.74 Å². The Balaban J connectivity index is 2.59.